The lowest BCUT2D eigenvalue weighted by Gasteiger charge is -2.30. The smallest absolute Gasteiger partial charge is 0.189 e. The molecule has 0 amide bonds. The van der Waals surface area contributed by atoms with Crippen LogP contribution in [0.3, 0.4) is 0 Å². The Morgan fingerprint density at radius 1 is 1.73 bits per heavy atom. The van der Waals surface area contributed by atoms with Crippen LogP contribution in [0.5, 0.6) is 0 Å². The first-order valence-corrected chi connectivity index (χ1v) is 3.56. The van der Waals surface area contributed by atoms with Gasteiger partial charge in [0.1, 0.15) is 5.60 Å². The Balaban J connectivity index is 2.96. The van der Waals surface area contributed by atoms with Gasteiger partial charge in [-0.2, -0.15) is 0 Å². The average Bonchev–Trinajstić information content (AvgIpc) is 1.84. The molecule has 62 valence electrons. The van der Waals surface area contributed by atoms with Crippen LogP contribution in [0, 0.1) is 0 Å². The van der Waals surface area contributed by atoms with Crippen LogP contribution in [0.1, 0.15) is 20.3 Å². The maximum atomic E-state index is 11.1. The molecular weight excluding hydrogens is 144 g/mol. The van der Waals surface area contributed by atoms with E-state index in [1.807, 2.05) is 0 Å². The third kappa shape index (κ3) is 1.34. The van der Waals surface area contributed by atoms with Gasteiger partial charge in [0.05, 0.1) is 6.10 Å². The minimum absolute atomic E-state index is 0.374. The zero-order valence-electron chi connectivity index (χ0n) is 6.66. The van der Waals surface area contributed by atoms with Crippen molar-refractivity contribution in [3.05, 3.63) is 11.6 Å². The van der Waals surface area contributed by atoms with Crippen LogP contribution < -0.4 is 0 Å². The summed E-state index contributed by atoms with van der Waals surface area (Å²) in [6.07, 6.45) is 0.797. The Kier molecular flexibility index (Phi) is 1.86. The maximum Gasteiger partial charge on any atom is 0.189 e. The van der Waals surface area contributed by atoms with Crippen LogP contribution in [-0.2, 0) is 4.79 Å². The Morgan fingerprint density at radius 3 is 2.73 bits per heavy atom. The molecule has 0 spiro atoms. The second-order valence-electron chi connectivity index (χ2n) is 3.22. The number of carbonyl (C=O) groups excluding carboxylic acids is 1. The van der Waals surface area contributed by atoms with Gasteiger partial charge in [-0.3, -0.25) is 4.79 Å². The first-order chi connectivity index (χ1) is 4.94. The molecule has 0 saturated carbocycles. The number of aliphatic hydroxyl groups excluding tert-OH is 1. The first-order valence-electron chi connectivity index (χ1n) is 3.56. The fourth-order valence-corrected chi connectivity index (χ4v) is 1.10. The fraction of sp³-hybridized carbons (Fsp3) is 0.625. The van der Waals surface area contributed by atoms with E-state index < -0.39 is 17.5 Å². The van der Waals surface area contributed by atoms with Gasteiger partial charge in [-0.15, -0.1) is 0 Å². The predicted molar refractivity (Wildman–Crippen MR) is 40.0 cm³/mol. The van der Waals surface area contributed by atoms with Crippen molar-refractivity contribution >= 4 is 5.78 Å². The molecule has 0 bridgehead atoms. The first kappa shape index (κ1) is 8.43. The third-order valence-corrected chi connectivity index (χ3v) is 2.04. The van der Waals surface area contributed by atoms with Crippen molar-refractivity contribution in [2.24, 2.45) is 0 Å². The molecule has 0 fully saturated rings. The summed E-state index contributed by atoms with van der Waals surface area (Å²) >= 11 is 0. The van der Waals surface area contributed by atoms with E-state index in [0.717, 1.165) is 5.57 Å². The van der Waals surface area contributed by atoms with E-state index >= 15 is 0 Å². The van der Waals surface area contributed by atoms with Gasteiger partial charge in [0.2, 0.25) is 0 Å². The summed E-state index contributed by atoms with van der Waals surface area (Å²) in [6, 6.07) is 0. The van der Waals surface area contributed by atoms with E-state index in [2.05, 4.69) is 0 Å². The molecule has 0 aromatic carbocycles. The molecule has 0 unspecified atom stereocenters. The Morgan fingerprint density at radius 2 is 2.27 bits per heavy atom. The van der Waals surface area contributed by atoms with Crippen LogP contribution in [0.2, 0.25) is 0 Å². The lowest BCUT2D eigenvalue weighted by molar-refractivity contribution is -0.143. The van der Waals surface area contributed by atoms with Crippen molar-refractivity contribution in [3.63, 3.8) is 0 Å². The van der Waals surface area contributed by atoms with Gasteiger partial charge in [0, 0.05) is 0 Å². The van der Waals surface area contributed by atoms with Crippen molar-refractivity contribution < 1.29 is 15.0 Å². The van der Waals surface area contributed by atoms with Crippen molar-refractivity contribution in [3.8, 4) is 0 Å². The van der Waals surface area contributed by atoms with E-state index in [9.17, 15) is 15.0 Å². The highest BCUT2D eigenvalue weighted by molar-refractivity contribution is 5.98. The molecule has 0 saturated heterocycles. The average molecular weight is 156 g/mol. The number of rotatable bonds is 0. The van der Waals surface area contributed by atoms with Crippen LogP contribution in [0.25, 0.3) is 0 Å². The second kappa shape index (κ2) is 2.43. The summed E-state index contributed by atoms with van der Waals surface area (Å²) in [5.74, 6) is -0.409. The Labute approximate surface area is 65.3 Å². The van der Waals surface area contributed by atoms with Crippen LogP contribution in [0.15, 0.2) is 11.6 Å². The molecule has 0 heterocycles. The second-order valence-corrected chi connectivity index (χ2v) is 3.22. The summed E-state index contributed by atoms with van der Waals surface area (Å²) in [5, 5.41) is 18.7. The summed E-state index contributed by atoms with van der Waals surface area (Å²) in [4.78, 5) is 11.1. The lowest BCUT2D eigenvalue weighted by atomic mass is 9.84. The largest absolute Gasteiger partial charge is 0.389 e. The van der Waals surface area contributed by atoms with E-state index in [0.29, 0.717) is 6.42 Å². The molecule has 0 aromatic rings. The van der Waals surface area contributed by atoms with Crippen LogP contribution >= 0.6 is 0 Å². The van der Waals surface area contributed by atoms with E-state index in [4.69, 9.17) is 0 Å². The molecule has 2 N–H and O–H groups in total. The van der Waals surface area contributed by atoms with Gasteiger partial charge in [-0.25, -0.2) is 0 Å². The standard InChI is InChI=1S/C8H12O3/c1-5-3-6(9)8(2,11)7(10)4-5/h3,7,10-11H,4H2,1-2H3/t7-,8+/m1/s1. The van der Waals surface area contributed by atoms with Gasteiger partial charge in [-0.05, 0) is 26.3 Å². The minimum atomic E-state index is -1.58. The highest BCUT2D eigenvalue weighted by Gasteiger charge is 2.39. The molecule has 1 aliphatic rings. The number of hydrogen-bond acceptors (Lipinski definition) is 3. The van der Waals surface area contributed by atoms with Gasteiger partial charge in [0.25, 0.3) is 0 Å². The van der Waals surface area contributed by atoms with E-state index in [1.165, 1.54) is 13.0 Å². The normalized spacial score (nSPS) is 38.7. The Bertz CT molecular complexity index is 215. The summed E-state index contributed by atoms with van der Waals surface area (Å²) in [7, 11) is 0. The zero-order chi connectivity index (χ0) is 8.65. The van der Waals surface area contributed by atoms with Gasteiger partial charge in [0.15, 0.2) is 5.78 Å². The summed E-state index contributed by atoms with van der Waals surface area (Å²) in [5.41, 5.74) is -0.770. The molecule has 0 aliphatic heterocycles. The SMILES string of the molecule is CC1=CC(=O)[C@](C)(O)[C@H](O)C1. The van der Waals surface area contributed by atoms with Crippen LogP contribution in [0.4, 0.5) is 0 Å². The fourth-order valence-electron chi connectivity index (χ4n) is 1.10. The number of hydrogen-bond donors (Lipinski definition) is 2. The number of carbonyl (C=O) groups is 1. The van der Waals surface area contributed by atoms with Gasteiger partial charge in [-0.1, -0.05) is 5.57 Å². The molecule has 0 aromatic heterocycles. The molecular formula is C8H12O3. The maximum absolute atomic E-state index is 11.1. The number of aliphatic hydroxyl groups is 2. The monoisotopic (exact) mass is 156 g/mol. The minimum Gasteiger partial charge on any atom is -0.389 e. The molecule has 1 rings (SSSR count). The number of ketones is 1. The lowest BCUT2D eigenvalue weighted by Crippen LogP contribution is -2.48. The van der Waals surface area contributed by atoms with E-state index in [1.54, 1.807) is 6.92 Å². The molecule has 0 radical (unpaired) electrons. The van der Waals surface area contributed by atoms with Crippen LogP contribution in [-0.4, -0.2) is 27.7 Å². The third-order valence-electron chi connectivity index (χ3n) is 2.04. The van der Waals surface area contributed by atoms with Gasteiger partial charge < -0.3 is 10.2 Å². The van der Waals surface area contributed by atoms with Crippen molar-refractivity contribution in [1.29, 1.82) is 0 Å². The molecule has 11 heavy (non-hydrogen) atoms. The highest BCUT2D eigenvalue weighted by Crippen LogP contribution is 2.24. The Hall–Kier alpha value is -0.670. The van der Waals surface area contributed by atoms with E-state index in [-0.39, 0.29) is 0 Å². The topological polar surface area (TPSA) is 57.5 Å². The molecule has 3 heteroatoms. The van der Waals surface area contributed by atoms with Crippen molar-refractivity contribution in [1.82, 2.24) is 0 Å². The summed E-state index contributed by atoms with van der Waals surface area (Å²) in [6.45, 7) is 3.10. The predicted octanol–water partition coefficient (Wildman–Crippen LogP) is 0.0174. The van der Waals surface area contributed by atoms with Crippen molar-refractivity contribution in [2.45, 2.75) is 32.0 Å². The molecule has 1 aliphatic carbocycles. The summed E-state index contributed by atoms with van der Waals surface area (Å²) < 4.78 is 0. The highest BCUT2D eigenvalue weighted by atomic mass is 16.3. The zero-order valence-corrected chi connectivity index (χ0v) is 6.66. The van der Waals surface area contributed by atoms with Crippen molar-refractivity contribution in [2.75, 3.05) is 0 Å². The molecule has 2 atom stereocenters. The quantitative estimate of drug-likeness (QED) is 0.519. The van der Waals surface area contributed by atoms with Gasteiger partial charge >= 0.3 is 0 Å². The molecule has 3 nitrogen and oxygen atoms in total.